The Hall–Kier alpha value is -2.95. The quantitative estimate of drug-likeness (QED) is 0.560. The third-order valence-electron chi connectivity index (χ3n) is 4.70. The number of nitrogens with zero attached hydrogens (tertiary/aromatic N) is 2. The number of amides is 1. The van der Waals surface area contributed by atoms with Crippen molar-refractivity contribution in [3.63, 3.8) is 0 Å². The zero-order valence-electron chi connectivity index (χ0n) is 15.3. The third-order valence-corrected chi connectivity index (χ3v) is 4.70. The first kappa shape index (κ1) is 20.8. The summed E-state index contributed by atoms with van der Waals surface area (Å²) in [4.78, 5) is 19.0. The summed E-state index contributed by atoms with van der Waals surface area (Å²) in [5, 5.41) is 5.52. The van der Waals surface area contributed by atoms with Gasteiger partial charge in [0.05, 0.1) is 5.56 Å². The number of hydrogen-bond donors (Lipinski definition) is 4. The first-order valence-corrected chi connectivity index (χ1v) is 8.98. The van der Waals surface area contributed by atoms with Crippen molar-refractivity contribution in [1.29, 1.82) is 0 Å². The average Bonchev–Trinajstić information content (AvgIpc) is 2.65. The predicted octanol–water partition coefficient (Wildman–Crippen LogP) is 3.16. The number of halogens is 4. The SMILES string of the molecule is NC(=O)c1cc(F)c(NC2CCCC[C@@H]2N)nc1Nc1ccnc(C(F)(F)F)c1. The molecule has 2 aromatic heterocycles. The van der Waals surface area contributed by atoms with E-state index in [4.69, 9.17) is 11.5 Å². The Bertz CT molecular complexity index is 904. The molecule has 1 unspecified atom stereocenters. The standard InChI is InChI=1S/C18H20F4N6O/c19-11-8-10(15(24)29)16(26-9-5-6-25-14(7-9)18(20,21)22)28-17(11)27-13-4-2-1-3-12(13)23/h5-8,12-13H,1-4,23H2,(H2,24,29)(H2,25,26,27,28)/t12-,13?/m0/s1. The second-order valence-electron chi connectivity index (χ2n) is 6.83. The minimum Gasteiger partial charge on any atom is -0.365 e. The normalized spacial score (nSPS) is 19.6. The van der Waals surface area contributed by atoms with Crippen LogP contribution in [0.4, 0.5) is 34.9 Å². The molecule has 6 N–H and O–H groups in total. The van der Waals surface area contributed by atoms with Gasteiger partial charge in [-0.15, -0.1) is 0 Å². The number of pyridine rings is 2. The summed E-state index contributed by atoms with van der Waals surface area (Å²) in [5.74, 6) is -2.13. The molecule has 0 aliphatic heterocycles. The van der Waals surface area contributed by atoms with Crippen molar-refractivity contribution in [2.45, 2.75) is 43.9 Å². The van der Waals surface area contributed by atoms with Crippen molar-refractivity contribution < 1.29 is 22.4 Å². The van der Waals surface area contributed by atoms with Crippen LogP contribution in [0.5, 0.6) is 0 Å². The highest BCUT2D eigenvalue weighted by atomic mass is 19.4. The van der Waals surface area contributed by atoms with Gasteiger partial charge in [0.1, 0.15) is 11.5 Å². The number of alkyl halides is 3. The molecule has 2 atom stereocenters. The van der Waals surface area contributed by atoms with E-state index in [0.29, 0.717) is 0 Å². The summed E-state index contributed by atoms with van der Waals surface area (Å²) in [7, 11) is 0. The van der Waals surface area contributed by atoms with Crippen LogP contribution in [0, 0.1) is 5.82 Å². The maximum Gasteiger partial charge on any atom is 0.433 e. The highest BCUT2D eigenvalue weighted by Crippen LogP contribution is 2.31. The van der Waals surface area contributed by atoms with Crippen LogP contribution in [0.2, 0.25) is 0 Å². The number of carbonyl (C=O) groups is 1. The molecule has 3 rings (SSSR count). The van der Waals surface area contributed by atoms with Crippen LogP contribution in [-0.4, -0.2) is 28.0 Å². The minimum atomic E-state index is -4.65. The van der Waals surface area contributed by atoms with Crippen LogP contribution in [0.15, 0.2) is 24.4 Å². The molecule has 0 spiro atoms. The van der Waals surface area contributed by atoms with E-state index in [1.165, 1.54) is 6.07 Å². The topological polar surface area (TPSA) is 119 Å². The molecule has 156 valence electrons. The average molecular weight is 412 g/mol. The number of anilines is 3. The molecule has 29 heavy (non-hydrogen) atoms. The summed E-state index contributed by atoms with van der Waals surface area (Å²) < 4.78 is 53.1. The zero-order chi connectivity index (χ0) is 21.2. The fraction of sp³-hybridized carbons (Fsp3) is 0.389. The monoisotopic (exact) mass is 412 g/mol. The lowest BCUT2D eigenvalue weighted by Crippen LogP contribution is -2.43. The van der Waals surface area contributed by atoms with Gasteiger partial charge >= 0.3 is 6.18 Å². The van der Waals surface area contributed by atoms with Crippen LogP contribution < -0.4 is 22.1 Å². The van der Waals surface area contributed by atoms with Gasteiger partial charge in [-0.3, -0.25) is 9.78 Å². The van der Waals surface area contributed by atoms with Crippen LogP contribution in [0.25, 0.3) is 0 Å². The Morgan fingerprint density at radius 1 is 1.17 bits per heavy atom. The molecule has 1 fully saturated rings. The number of nitrogens with one attached hydrogen (secondary N) is 2. The lowest BCUT2D eigenvalue weighted by Gasteiger charge is -2.30. The van der Waals surface area contributed by atoms with Crippen LogP contribution in [0.3, 0.4) is 0 Å². The molecule has 1 amide bonds. The maximum absolute atomic E-state index is 14.5. The van der Waals surface area contributed by atoms with Gasteiger partial charge in [-0.2, -0.15) is 13.2 Å². The number of nitrogens with two attached hydrogens (primary N) is 2. The highest BCUT2D eigenvalue weighted by molar-refractivity contribution is 5.98. The van der Waals surface area contributed by atoms with Gasteiger partial charge < -0.3 is 22.1 Å². The summed E-state index contributed by atoms with van der Waals surface area (Å²) in [6.45, 7) is 0. The van der Waals surface area contributed by atoms with Crippen molar-refractivity contribution in [2.24, 2.45) is 11.5 Å². The highest BCUT2D eigenvalue weighted by Gasteiger charge is 2.32. The summed E-state index contributed by atoms with van der Waals surface area (Å²) >= 11 is 0. The maximum atomic E-state index is 14.5. The fourth-order valence-electron chi connectivity index (χ4n) is 3.19. The van der Waals surface area contributed by atoms with E-state index in [0.717, 1.165) is 44.0 Å². The molecule has 7 nitrogen and oxygen atoms in total. The second kappa shape index (κ2) is 8.19. The molecule has 0 bridgehead atoms. The zero-order valence-corrected chi connectivity index (χ0v) is 15.3. The van der Waals surface area contributed by atoms with Gasteiger partial charge in [0.15, 0.2) is 11.6 Å². The van der Waals surface area contributed by atoms with Crippen molar-refractivity contribution in [3.05, 3.63) is 41.5 Å². The predicted molar refractivity (Wildman–Crippen MR) is 99.1 cm³/mol. The molecule has 1 aliphatic rings. The van der Waals surface area contributed by atoms with Crippen LogP contribution in [-0.2, 0) is 6.18 Å². The number of carbonyl (C=O) groups excluding carboxylic acids is 1. The molecule has 2 aromatic rings. The van der Waals surface area contributed by atoms with E-state index in [-0.39, 0.29) is 35.0 Å². The van der Waals surface area contributed by atoms with Crippen LogP contribution >= 0.6 is 0 Å². The van der Waals surface area contributed by atoms with Gasteiger partial charge in [0.2, 0.25) is 0 Å². The molecule has 2 heterocycles. The van der Waals surface area contributed by atoms with Crippen molar-refractivity contribution >= 4 is 23.2 Å². The van der Waals surface area contributed by atoms with Gasteiger partial charge in [-0.1, -0.05) is 12.8 Å². The first-order chi connectivity index (χ1) is 13.6. The molecule has 11 heteroatoms. The van der Waals surface area contributed by atoms with Gasteiger partial charge in [0.25, 0.3) is 5.91 Å². The minimum absolute atomic E-state index is 0.0331. The largest absolute Gasteiger partial charge is 0.433 e. The van der Waals surface area contributed by atoms with E-state index in [9.17, 15) is 22.4 Å². The summed E-state index contributed by atoms with van der Waals surface area (Å²) in [6.07, 6.45) is -0.285. The summed E-state index contributed by atoms with van der Waals surface area (Å²) in [5.41, 5.74) is 9.87. The molecule has 0 saturated heterocycles. The molecule has 1 aliphatic carbocycles. The summed E-state index contributed by atoms with van der Waals surface area (Å²) in [6, 6.07) is 2.50. The van der Waals surface area contributed by atoms with E-state index < -0.39 is 23.6 Å². The van der Waals surface area contributed by atoms with E-state index in [1.807, 2.05) is 0 Å². The van der Waals surface area contributed by atoms with Gasteiger partial charge in [0, 0.05) is 24.0 Å². The van der Waals surface area contributed by atoms with Gasteiger partial charge in [-0.05, 0) is 31.0 Å². The van der Waals surface area contributed by atoms with Crippen molar-refractivity contribution in [2.75, 3.05) is 10.6 Å². The van der Waals surface area contributed by atoms with Crippen molar-refractivity contribution in [3.8, 4) is 0 Å². The Labute approximate surface area is 163 Å². The Morgan fingerprint density at radius 2 is 1.90 bits per heavy atom. The Balaban J connectivity index is 1.93. The smallest absolute Gasteiger partial charge is 0.365 e. The molecular formula is C18H20F4N6O. The molecule has 0 aromatic carbocycles. The number of rotatable bonds is 5. The van der Waals surface area contributed by atoms with Crippen molar-refractivity contribution in [1.82, 2.24) is 9.97 Å². The molecule has 0 radical (unpaired) electrons. The lowest BCUT2D eigenvalue weighted by molar-refractivity contribution is -0.141. The number of hydrogen-bond acceptors (Lipinski definition) is 6. The third kappa shape index (κ3) is 4.91. The Kier molecular flexibility index (Phi) is 5.87. The second-order valence-corrected chi connectivity index (χ2v) is 6.83. The Morgan fingerprint density at radius 3 is 2.55 bits per heavy atom. The van der Waals surface area contributed by atoms with E-state index in [2.05, 4.69) is 20.6 Å². The molecular weight excluding hydrogens is 392 g/mol. The number of aromatic nitrogens is 2. The lowest BCUT2D eigenvalue weighted by atomic mass is 9.91. The molecule has 1 saturated carbocycles. The number of primary amides is 1. The first-order valence-electron chi connectivity index (χ1n) is 8.98. The van der Waals surface area contributed by atoms with Crippen LogP contribution in [0.1, 0.15) is 41.7 Å². The van der Waals surface area contributed by atoms with Gasteiger partial charge in [-0.25, -0.2) is 9.37 Å². The fourth-order valence-corrected chi connectivity index (χ4v) is 3.19. The van der Waals surface area contributed by atoms with E-state index >= 15 is 0 Å². The van der Waals surface area contributed by atoms with E-state index in [1.54, 1.807) is 0 Å².